The number of methoxy groups -OCH3 is 2. The number of rotatable bonds is 4. The molecule has 0 aliphatic heterocycles. The van der Waals surface area contributed by atoms with E-state index < -0.39 is 11.0 Å². The van der Waals surface area contributed by atoms with E-state index in [4.69, 9.17) is 0 Å². The van der Waals surface area contributed by atoms with Crippen molar-refractivity contribution in [2.45, 2.75) is 0 Å². The van der Waals surface area contributed by atoms with Gasteiger partial charge in [0.1, 0.15) is 0 Å². The summed E-state index contributed by atoms with van der Waals surface area (Å²) in [5, 5.41) is 15.3. The van der Waals surface area contributed by atoms with Gasteiger partial charge in [0.25, 0.3) is 5.69 Å². The van der Waals surface area contributed by atoms with Crippen molar-refractivity contribution in [3.8, 4) is 0 Å². The van der Waals surface area contributed by atoms with Crippen LogP contribution in [0, 0.1) is 10.1 Å². The first-order valence-electron chi connectivity index (χ1n) is 5.75. The Kier molecular flexibility index (Phi) is 8.85. The van der Waals surface area contributed by atoms with Crippen molar-refractivity contribution in [2.75, 3.05) is 33.1 Å². The molecule has 0 saturated carbocycles. The fourth-order valence-electron chi connectivity index (χ4n) is 1.05. The summed E-state index contributed by atoms with van der Waals surface area (Å²) in [6.07, 6.45) is -0.612. The van der Waals surface area contributed by atoms with Gasteiger partial charge in [-0.15, -0.1) is 0 Å². The Balaban J connectivity index is 0.000000486. The van der Waals surface area contributed by atoms with Gasteiger partial charge in [0.2, 0.25) is 0 Å². The number of carbonyl (C=O) groups excluding carboxylic acids is 2. The van der Waals surface area contributed by atoms with Crippen LogP contribution in [0.15, 0.2) is 24.3 Å². The van der Waals surface area contributed by atoms with Crippen molar-refractivity contribution in [2.24, 2.45) is 0 Å². The van der Waals surface area contributed by atoms with Gasteiger partial charge in [0.15, 0.2) is 0 Å². The van der Waals surface area contributed by atoms with Gasteiger partial charge < -0.3 is 14.8 Å². The van der Waals surface area contributed by atoms with E-state index >= 15 is 0 Å². The Morgan fingerprint density at radius 1 is 1.19 bits per heavy atom. The first kappa shape index (κ1) is 18.3. The van der Waals surface area contributed by atoms with Crippen LogP contribution in [-0.4, -0.2) is 44.8 Å². The molecule has 0 aliphatic rings. The van der Waals surface area contributed by atoms with E-state index in [-0.39, 0.29) is 18.2 Å². The first-order valence-corrected chi connectivity index (χ1v) is 5.75. The molecule has 116 valence electrons. The molecule has 0 spiro atoms. The van der Waals surface area contributed by atoms with E-state index in [2.05, 4.69) is 20.1 Å². The standard InChI is InChI=1S/C8H8N2O4.C4H9NO2/c1-14-8(11)9-6-2-4-7(5-3-6)10(12)13;1-5-3-4(6)7-2/h2-5H,1H3,(H,9,11);5H,3H2,1-2H3. The van der Waals surface area contributed by atoms with E-state index in [9.17, 15) is 19.7 Å². The molecular formula is C12H17N3O6. The highest BCUT2D eigenvalue weighted by molar-refractivity contribution is 5.84. The number of carbonyl (C=O) groups is 2. The van der Waals surface area contributed by atoms with Gasteiger partial charge in [-0.25, -0.2) is 4.79 Å². The second kappa shape index (κ2) is 10.1. The van der Waals surface area contributed by atoms with Crippen LogP contribution in [0.3, 0.4) is 0 Å². The van der Waals surface area contributed by atoms with Crippen molar-refractivity contribution in [1.82, 2.24) is 5.32 Å². The summed E-state index contributed by atoms with van der Waals surface area (Å²) in [4.78, 5) is 30.6. The third-order valence-electron chi connectivity index (χ3n) is 2.06. The zero-order valence-electron chi connectivity index (χ0n) is 11.9. The summed E-state index contributed by atoms with van der Waals surface area (Å²) in [5.41, 5.74) is 0.419. The van der Waals surface area contributed by atoms with Crippen LogP contribution < -0.4 is 10.6 Å². The van der Waals surface area contributed by atoms with Crippen molar-refractivity contribution in [3.63, 3.8) is 0 Å². The summed E-state index contributed by atoms with van der Waals surface area (Å²) in [7, 11) is 4.29. The van der Waals surface area contributed by atoms with Gasteiger partial charge in [-0.1, -0.05) is 0 Å². The number of nitrogens with one attached hydrogen (secondary N) is 2. The van der Waals surface area contributed by atoms with Crippen LogP contribution in [0.2, 0.25) is 0 Å². The number of benzene rings is 1. The molecule has 9 nitrogen and oxygen atoms in total. The first-order chi connectivity index (χ1) is 9.94. The fraction of sp³-hybridized carbons (Fsp3) is 0.333. The lowest BCUT2D eigenvalue weighted by molar-refractivity contribution is -0.384. The largest absolute Gasteiger partial charge is 0.468 e. The smallest absolute Gasteiger partial charge is 0.411 e. The topological polar surface area (TPSA) is 120 Å². The molecule has 1 amide bonds. The lowest BCUT2D eigenvalue weighted by Gasteiger charge is -2.01. The lowest BCUT2D eigenvalue weighted by atomic mass is 10.3. The molecule has 0 aliphatic carbocycles. The Bertz CT molecular complexity index is 474. The van der Waals surface area contributed by atoms with Gasteiger partial charge in [0.05, 0.1) is 25.7 Å². The third-order valence-corrected chi connectivity index (χ3v) is 2.06. The minimum Gasteiger partial charge on any atom is -0.468 e. The normalized spacial score (nSPS) is 8.90. The minimum atomic E-state index is -0.612. The number of nitrogens with zero attached hydrogens (tertiary/aromatic N) is 1. The zero-order chi connectivity index (χ0) is 16.3. The van der Waals surface area contributed by atoms with Crippen molar-refractivity contribution in [1.29, 1.82) is 0 Å². The molecule has 0 saturated heterocycles. The number of anilines is 1. The van der Waals surface area contributed by atoms with E-state index in [0.717, 1.165) is 0 Å². The molecule has 0 unspecified atom stereocenters. The average Bonchev–Trinajstić information content (AvgIpc) is 2.48. The van der Waals surface area contributed by atoms with E-state index in [1.54, 1.807) is 7.05 Å². The molecule has 0 fully saturated rings. The van der Waals surface area contributed by atoms with Gasteiger partial charge >= 0.3 is 12.1 Å². The van der Waals surface area contributed by atoms with E-state index in [0.29, 0.717) is 5.69 Å². The molecule has 0 radical (unpaired) electrons. The van der Waals surface area contributed by atoms with Crippen molar-refractivity contribution < 1.29 is 24.0 Å². The van der Waals surface area contributed by atoms with Gasteiger partial charge in [-0.3, -0.25) is 20.2 Å². The minimum absolute atomic E-state index is 0.0274. The predicted molar refractivity (Wildman–Crippen MR) is 75.1 cm³/mol. The SMILES string of the molecule is CNCC(=O)OC.COC(=O)Nc1ccc([N+](=O)[O-])cc1. The second-order valence-corrected chi connectivity index (χ2v) is 3.53. The van der Waals surface area contributed by atoms with Gasteiger partial charge in [-0.05, 0) is 19.2 Å². The highest BCUT2D eigenvalue weighted by atomic mass is 16.6. The number of non-ortho nitro benzene ring substituents is 1. The molecule has 2 N–H and O–H groups in total. The van der Waals surface area contributed by atoms with Gasteiger partial charge in [0, 0.05) is 17.8 Å². The Morgan fingerprint density at radius 2 is 1.76 bits per heavy atom. The third kappa shape index (κ3) is 8.16. The monoisotopic (exact) mass is 299 g/mol. The maximum atomic E-state index is 10.7. The number of likely N-dealkylation sites (N-methyl/N-ethyl adjacent to an activating group) is 1. The zero-order valence-corrected chi connectivity index (χ0v) is 11.9. The second-order valence-electron chi connectivity index (χ2n) is 3.53. The van der Waals surface area contributed by atoms with E-state index in [1.165, 1.54) is 38.5 Å². The number of ether oxygens (including phenoxy) is 2. The summed E-state index contributed by atoms with van der Waals surface area (Å²) < 4.78 is 8.64. The van der Waals surface area contributed by atoms with Crippen molar-refractivity contribution in [3.05, 3.63) is 34.4 Å². The number of amides is 1. The van der Waals surface area contributed by atoms with Crippen LogP contribution in [0.5, 0.6) is 0 Å². The molecule has 0 heterocycles. The average molecular weight is 299 g/mol. The summed E-state index contributed by atoms with van der Waals surface area (Å²) in [6, 6.07) is 5.45. The Labute approximate surface area is 121 Å². The molecule has 9 heteroatoms. The van der Waals surface area contributed by atoms with Crippen LogP contribution in [-0.2, 0) is 14.3 Å². The molecule has 0 bridgehead atoms. The van der Waals surface area contributed by atoms with Gasteiger partial charge in [-0.2, -0.15) is 0 Å². The lowest BCUT2D eigenvalue weighted by Crippen LogP contribution is -2.19. The molecule has 1 aromatic rings. The molecule has 0 atom stereocenters. The Hall–Kier alpha value is -2.68. The summed E-state index contributed by atoms with van der Waals surface area (Å²) >= 11 is 0. The molecular weight excluding hydrogens is 282 g/mol. The molecule has 0 aromatic heterocycles. The maximum Gasteiger partial charge on any atom is 0.411 e. The fourth-order valence-corrected chi connectivity index (χ4v) is 1.05. The van der Waals surface area contributed by atoms with Crippen LogP contribution in [0.25, 0.3) is 0 Å². The quantitative estimate of drug-likeness (QED) is 0.486. The number of hydrogen-bond donors (Lipinski definition) is 2. The number of esters is 1. The number of hydrogen-bond acceptors (Lipinski definition) is 7. The maximum absolute atomic E-state index is 10.7. The predicted octanol–water partition coefficient (Wildman–Crippen LogP) is 1.15. The van der Waals surface area contributed by atoms with Crippen LogP contribution in [0.1, 0.15) is 0 Å². The summed E-state index contributed by atoms with van der Waals surface area (Å²) in [6.45, 7) is 0.288. The summed E-state index contributed by atoms with van der Waals surface area (Å²) in [5.74, 6) is -0.234. The van der Waals surface area contributed by atoms with Crippen LogP contribution >= 0.6 is 0 Å². The molecule has 1 aromatic carbocycles. The molecule has 21 heavy (non-hydrogen) atoms. The van der Waals surface area contributed by atoms with Crippen LogP contribution in [0.4, 0.5) is 16.2 Å². The van der Waals surface area contributed by atoms with E-state index in [1.807, 2.05) is 0 Å². The highest BCUT2D eigenvalue weighted by Crippen LogP contribution is 2.15. The van der Waals surface area contributed by atoms with Crippen molar-refractivity contribution >= 4 is 23.4 Å². The number of nitro benzene ring substituents is 1. The molecule has 1 rings (SSSR count). The number of nitro groups is 1. The Morgan fingerprint density at radius 3 is 2.10 bits per heavy atom. The highest BCUT2D eigenvalue weighted by Gasteiger charge is 2.05.